The quantitative estimate of drug-likeness (QED) is 0.464. The fourth-order valence-corrected chi connectivity index (χ4v) is 3.51. The largest absolute Gasteiger partial charge is 0.328 e. The molecular formula is C22H21FN4O. The van der Waals surface area contributed by atoms with Gasteiger partial charge in [-0.25, -0.2) is 14.1 Å². The number of aromatic nitrogens is 4. The zero-order chi connectivity index (χ0) is 19.7. The van der Waals surface area contributed by atoms with Crippen LogP contribution in [0.1, 0.15) is 42.1 Å². The first-order valence-corrected chi connectivity index (χ1v) is 9.42. The van der Waals surface area contributed by atoms with Crippen LogP contribution in [0.4, 0.5) is 4.39 Å². The molecule has 0 spiro atoms. The number of imidazole rings is 1. The first kappa shape index (κ1) is 18.1. The van der Waals surface area contributed by atoms with Gasteiger partial charge in [0.05, 0.1) is 22.4 Å². The maximum atomic E-state index is 13.6. The Morgan fingerprint density at radius 3 is 2.71 bits per heavy atom. The Hall–Kier alpha value is -3.28. The molecule has 2 aromatic heterocycles. The molecule has 0 aliphatic heterocycles. The molecule has 5 nitrogen and oxygen atoms in total. The maximum absolute atomic E-state index is 13.6. The molecule has 6 heteroatoms. The van der Waals surface area contributed by atoms with Gasteiger partial charge in [-0.05, 0) is 49.4 Å². The lowest BCUT2D eigenvalue weighted by Crippen LogP contribution is -2.07. The number of aryl methyl sites for hydroxylation is 1. The predicted molar refractivity (Wildman–Crippen MR) is 106 cm³/mol. The first-order chi connectivity index (χ1) is 13.6. The number of hydrogen-bond donors (Lipinski definition) is 0. The molecule has 0 N–H and O–H groups in total. The highest BCUT2D eigenvalue weighted by molar-refractivity contribution is 5.98. The normalized spacial score (nSPS) is 11.2. The zero-order valence-electron chi connectivity index (χ0n) is 15.9. The van der Waals surface area contributed by atoms with Gasteiger partial charge in [0.15, 0.2) is 5.78 Å². The van der Waals surface area contributed by atoms with Gasteiger partial charge >= 0.3 is 0 Å². The third-order valence-corrected chi connectivity index (χ3v) is 4.90. The number of benzene rings is 2. The third kappa shape index (κ3) is 3.22. The lowest BCUT2D eigenvalue weighted by atomic mass is 10.1. The van der Waals surface area contributed by atoms with Crippen molar-refractivity contribution in [3.05, 3.63) is 77.6 Å². The number of carbonyl (C=O) groups excluding carboxylic acids is 1. The Labute approximate surface area is 162 Å². The third-order valence-electron chi connectivity index (χ3n) is 4.90. The van der Waals surface area contributed by atoms with Crippen molar-refractivity contribution in [1.29, 1.82) is 0 Å². The van der Waals surface area contributed by atoms with Gasteiger partial charge in [-0.2, -0.15) is 5.10 Å². The number of Topliss-reactive ketones (excluding diaryl/α,β-unsaturated/α-hetero) is 1. The second kappa shape index (κ2) is 7.38. The molecule has 0 aliphatic carbocycles. The van der Waals surface area contributed by atoms with E-state index in [1.54, 1.807) is 16.9 Å². The van der Waals surface area contributed by atoms with Crippen LogP contribution in [0.15, 0.2) is 54.7 Å². The van der Waals surface area contributed by atoms with Gasteiger partial charge in [0.1, 0.15) is 11.6 Å². The summed E-state index contributed by atoms with van der Waals surface area (Å²) in [6.45, 7) is 4.69. The highest BCUT2D eigenvalue weighted by Crippen LogP contribution is 2.22. The molecule has 4 aromatic rings. The summed E-state index contributed by atoms with van der Waals surface area (Å²) in [5, 5.41) is 4.35. The highest BCUT2D eigenvalue weighted by Gasteiger charge is 2.15. The van der Waals surface area contributed by atoms with Gasteiger partial charge < -0.3 is 4.57 Å². The lowest BCUT2D eigenvalue weighted by molar-refractivity contribution is 0.0988. The van der Waals surface area contributed by atoms with E-state index in [0.29, 0.717) is 24.1 Å². The minimum absolute atomic E-state index is 0.110. The van der Waals surface area contributed by atoms with Crippen LogP contribution in [-0.4, -0.2) is 25.1 Å². The van der Waals surface area contributed by atoms with E-state index in [1.807, 2.05) is 37.3 Å². The van der Waals surface area contributed by atoms with E-state index >= 15 is 0 Å². The van der Waals surface area contributed by atoms with Crippen molar-refractivity contribution in [1.82, 2.24) is 19.3 Å². The summed E-state index contributed by atoms with van der Waals surface area (Å²) in [6, 6.07) is 14.0. The van der Waals surface area contributed by atoms with E-state index < -0.39 is 0 Å². The molecule has 2 aromatic carbocycles. The van der Waals surface area contributed by atoms with Crippen molar-refractivity contribution in [3.63, 3.8) is 0 Å². The summed E-state index contributed by atoms with van der Waals surface area (Å²) >= 11 is 0. The van der Waals surface area contributed by atoms with Crippen LogP contribution >= 0.6 is 0 Å². The van der Waals surface area contributed by atoms with Gasteiger partial charge in [-0.3, -0.25) is 4.79 Å². The fourth-order valence-electron chi connectivity index (χ4n) is 3.51. The predicted octanol–water partition coefficient (Wildman–Crippen LogP) is 4.56. The Morgan fingerprint density at radius 2 is 1.96 bits per heavy atom. The summed E-state index contributed by atoms with van der Waals surface area (Å²) in [4.78, 5) is 16.8. The van der Waals surface area contributed by atoms with Gasteiger partial charge in [0, 0.05) is 31.1 Å². The van der Waals surface area contributed by atoms with Gasteiger partial charge in [0.2, 0.25) is 0 Å². The molecule has 0 bridgehead atoms. The fraction of sp³-hybridized carbons (Fsp3) is 0.227. The number of nitrogens with zero attached hydrogens (tertiary/aromatic N) is 4. The van der Waals surface area contributed by atoms with Gasteiger partial charge in [0.25, 0.3) is 0 Å². The number of halogens is 1. The van der Waals surface area contributed by atoms with Crippen molar-refractivity contribution in [2.75, 3.05) is 0 Å². The Balaban J connectivity index is 1.75. The van der Waals surface area contributed by atoms with E-state index in [-0.39, 0.29) is 11.6 Å². The SMILES string of the molecule is CCC(=O)c1ccc2c(c1)nc(Cc1ccnn1-c1cccc(F)c1)n2CC. The van der Waals surface area contributed by atoms with Crippen LogP contribution in [0.2, 0.25) is 0 Å². The lowest BCUT2D eigenvalue weighted by Gasteiger charge is -2.09. The van der Waals surface area contributed by atoms with Crippen LogP contribution in [-0.2, 0) is 13.0 Å². The Morgan fingerprint density at radius 1 is 1.11 bits per heavy atom. The maximum Gasteiger partial charge on any atom is 0.162 e. The molecule has 0 fully saturated rings. The van der Waals surface area contributed by atoms with Crippen LogP contribution < -0.4 is 0 Å². The van der Waals surface area contributed by atoms with Crippen molar-refractivity contribution in [2.24, 2.45) is 0 Å². The summed E-state index contributed by atoms with van der Waals surface area (Å²) in [7, 11) is 0. The number of hydrogen-bond acceptors (Lipinski definition) is 3. The molecular weight excluding hydrogens is 355 g/mol. The van der Waals surface area contributed by atoms with E-state index in [1.165, 1.54) is 12.1 Å². The standard InChI is InChI=1S/C22H21FN4O/c1-3-21(28)15-8-9-20-19(12-15)25-22(26(20)4-2)14-18-10-11-24-27(18)17-7-5-6-16(23)13-17/h5-13H,3-4,14H2,1-2H3. The molecule has 142 valence electrons. The number of rotatable bonds is 6. The van der Waals surface area contributed by atoms with Crippen LogP contribution in [0.5, 0.6) is 0 Å². The number of carbonyl (C=O) groups is 1. The van der Waals surface area contributed by atoms with Crippen LogP contribution in [0.3, 0.4) is 0 Å². The van der Waals surface area contributed by atoms with E-state index in [9.17, 15) is 9.18 Å². The Kier molecular flexibility index (Phi) is 4.77. The van der Waals surface area contributed by atoms with Crippen LogP contribution in [0.25, 0.3) is 16.7 Å². The molecule has 0 aliphatic rings. The summed E-state index contributed by atoms with van der Waals surface area (Å²) in [6.07, 6.45) is 2.73. The summed E-state index contributed by atoms with van der Waals surface area (Å²) in [5.74, 6) is 0.697. The first-order valence-electron chi connectivity index (χ1n) is 9.42. The van der Waals surface area contributed by atoms with Gasteiger partial charge in [-0.15, -0.1) is 0 Å². The highest BCUT2D eigenvalue weighted by atomic mass is 19.1. The molecule has 4 rings (SSSR count). The van der Waals surface area contributed by atoms with Crippen molar-refractivity contribution in [3.8, 4) is 5.69 Å². The summed E-state index contributed by atoms with van der Waals surface area (Å²) in [5.41, 5.74) is 4.09. The van der Waals surface area contributed by atoms with Crippen molar-refractivity contribution in [2.45, 2.75) is 33.2 Å². The van der Waals surface area contributed by atoms with Crippen molar-refractivity contribution < 1.29 is 9.18 Å². The van der Waals surface area contributed by atoms with Crippen molar-refractivity contribution >= 4 is 16.8 Å². The molecule has 0 saturated carbocycles. The average molecular weight is 376 g/mol. The molecule has 0 amide bonds. The Bertz CT molecular complexity index is 1160. The second-order valence-electron chi connectivity index (χ2n) is 6.64. The van der Waals surface area contributed by atoms with E-state index in [4.69, 9.17) is 4.98 Å². The smallest absolute Gasteiger partial charge is 0.162 e. The minimum atomic E-state index is -0.298. The average Bonchev–Trinajstić information content (AvgIpc) is 3.30. The summed E-state index contributed by atoms with van der Waals surface area (Å²) < 4.78 is 17.5. The molecule has 0 unspecified atom stereocenters. The molecule has 2 heterocycles. The molecule has 0 atom stereocenters. The molecule has 0 saturated heterocycles. The van der Waals surface area contributed by atoms with Gasteiger partial charge in [-0.1, -0.05) is 13.0 Å². The zero-order valence-corrected chi connectivity index (χ0v) is 15.9. The molecule has 28 heavy (non-hydrogen) atoms. The van der Waals surface area contributed by atoms with E-state index in [0.717, 1.165) is 29.1 Å². The monoisotopic (exact) mass is 376 g/mol. The van der Waals surface area contributed by atoms with E-state index in [2.05, 4.69) is 16.6 Å². The number of fused-ring (bicyclic) bond motifs is 1. The topological polar surface area (TPSA) is 52.7 Å². The number of ketones is 1. The second-order valence-corrected chi connectivity index (χ2v) is 6.64. The molecule has 0 radical (unpaired) electrons. The van der Waals surface area contributed by atoms with Crippen LogP contribution in [0, 0.1) is 5.82 Å². The minimum Gasteiger partial charge on any atom is -0.328 e.